The highest BCUT2D eigenvalue weighted by Gasteiger charge is 2.26. The predicted octanol–water partition coefficient (Wildman–Crippen LogP) is 4.88. The van der Waals surface area contributed by atoms with Crippen LogP contribution in [0.1, 0.15) is 24.2 Å². The summed E-state index contributed by atoms with van der Waals surface area (Å²) in [5, 5.41) is 12.0. The number of nitriles is 1. The number of methoxy groups -OCH3 is 2. The van der Waals surface area contributed by atoms with Crippen LogP contribution in [0.15, 0.2) is 59.5 Å². The van der Waals surface area contributed by atoms with Crippen molar-refractivity contribution in [3.05, 3.63) is 71.5 Å². The molecule has 3 aromatic carbocycles. The second-order valence-corrected chi connectivity index (χ2v) is 11.2. The third kappa shape index (κ3) is 5.53. The quantitative estimate of drug-likeness (QED) is 0.310. The molecule has 196 valence electrons. The van der Waals surface area contributed by atoms with Crippen LogP contribution >= 0.6 is 11.3 Å². The Morgan fingerprint density at radius 1 is 1.08 bits per heavy atom. The molecule has 0 aliphatic rings. The summed E-state index contributed by atoms with van der Waals surface area (Å²) >= 11 is 1.19. The van der Waals surface area contributed by atoms with Crippen LogP contribution < -0.4 is 19.5 Å². The molecule has 0 saturated heterocycles. The Morgan fingerprint density at radius 2 is 1.76 bits per heavy atom. The number of benzene rings is 3. The van der Waals surface area contributed by atoms with Crippen molar-refractivity contribution in [3.8, 4) is 23.3 Å². The van der Waals surface area contributed by atoms with Gasteiger partial charge in [0.05, 0.1) is 46.7 Å². The Balaban J connectivity index is 1.69. The molecule has 1 N–H and O–H groups in total. The first kappa shape index (κ1) is 26.8. The summed E-state index contributed by atoms with van der Waals surface area (Å²) in [6.07, 6.45) is -1.37. The molecule has 0 spiro atoms. The van der Waals surface area contributed by atoms with Gasteiger partial charge < -0.3 is 14.2 Å². The number of nitrogens with one attached hydrogen (secondary N) is 1. The van der Waals surface area contributed by atoms with E-state index in [-0.39, 0.29) is 32.7 Å². The number of fused-ring (bicyclic) bond motifs is 1. The van der Waals surface area contributed by atoms with Crippen LogP contribution in [0.5, 0.6) is 17.2 Å². The second-order valence-electron chi connectivity index (χ2n) is 7.91. The Kier molecular flexibility index (Phi) is 7.80. The standard InChI is InChI=1S/C26H22FN3O6S2/c1-4-38(32,33)17-8-6-16(7-9-17)24(36-20-10-5-15(14-28)11-18(20)27)25(31)30-26-29-19-12-21(34-2)22(35-3)13-23(19)37-26/h5-13,24H,4H2,1-3H3,(H,29,30,31). The lowest BCUT2D eigenvalue weighted by atomic mass is 10.1. The number of thiazole rings is 1. The van der Waals surface area contributed by atoms with Crippen LogP contribution in [0.25, 0.3) is 10.2 Å². The van der Waals surface area contributed by atoms with Crippen molar-refractivity contribution in [3.63, 3.8) is 0 Å². The van der Waals surface area contributed by atoms with E-state index >= 15 is 0 Å². The maximum Gasteiger partial charge on any atom is 0.271 e. The van der Waals surface area contributed by atoms with E-state index in [9.17, 15) is 17.6 Å². The molecule has 4 aromatic rings. The molecule has 0 fully saturated rings. The Labute approximate surface area is 222 Å². The summed E-state index contributed by atoms with van der Waals surface area (Å²) in [6, 6.07) is 14.4. The summed E-state index contributed by atoms with van der Waals surface area (Å²) < 4.78 is 56.2. The number of anilines is 1. The zero-order chi connectivity index (χ0) is 27.4. The number of nitrogens with zero attached hydrogens (tertiary/aromatic N) is 2. The lowest BCUT2D eigenvalue weighted by Crippen LogP contribution is -2.26. The summed E-state index contributed by atoms with van der Waals surface area (Å²) in [7, 11) is -0.461. The van der Waals surface area contributed by atoms with Crippen molar-refractivity contribution in [1.29, 1.82) is 5.26 Å². The minimum Gasteiger partial charge on any atom is -0.493 e. The lowest BCUT2D eigenvalue weighted by molar-refractivity contribution is -0.123. The van der Waals surface area contributed by atoms with Crippen molar-refractivity contribution >= 4 is 42.4 Å². The van der Waals surface area contributed by atoms with Gasteiger partial charge in [0, 0.05) is 17.7 Å². The average molecular weight is 556 g/mol. The molecule has 1 unspecified atom stereocenters. The van der Waals surface area contributed by atoms with E-state index in [0.717, 1.165) is 10.8 Å². The highest BCUT2D eigenvalue weighted by atomic mass is 32.2. The number of aromatic nitrogens is 1. The summed E-state index contributed by atoms with van der Waals surface area (Å²) in [5.41, 5.74) is 0.934. The van der Waals surface area contributed by atoms with E-state index in [1.54, 1.807) is 12.1 Å². The largest absolute Gasteiger partial charge is 0.493 e. The fourth-order valence-corrected chi connectivity index (χ4v) is 5.33. The molecule has 1 heterocycles. The van der Waals surface area contributed by atoms with Gasteiger partial charge in [-0.3, -0.25) is 10.1 Å². The molecule has 1 atom stereocenters. The van der Waals surface area contributed by atoms with Gasteiger partial charge in [0.15, 0.2) is 38.0 Å². The number of amides is 1. The summed E-state index contributed by atoms with van der Waals surface area (Å²) in [6.45, 7) is 1.53. The first-order valence-corrected chi connectivity index (χ1v) is 13.7. The smallest absolute Gasteiger partial charge is 0.271 e. The number of hydrogen-bond acceptors (Lipinski definition) is 9. The Bertz CT molecular complexity index is 1610. The number of carbonyl (C=O) groups is 1. The van der Waals surface area contributed by atoms with E-state index < -0.39 is 27.7 Å². The Hall–Kier alpha value is -4.21. The molecule has 12 heteroatoms. The average Bonchev–Trinajstić information content (AvgIpc) is 3.32. The van der Waals surface area contributed by atoms with Crippen LogP contribution in [0.3, 0.4) is 0 Å². The summed E-state index contributed by atoms with van der Waals surface area (Å²) in [5.74, 6) is -0.864. The van der Waals surface area contributed by atoms with Gasteiger partial charge in [0.2, 0.25) is 6.10 Å². The molecule has 38 heavy (non-hydrogen) atoms. The van der Waals surface area contributed by atoms with Gasteiger partial charge in [-0.1, -0.05) is 30.4 Å². The fraction of sp³-hybridized carbons (Fsp3) is 0.192. The zero-order valence-corrected chi connectivity index (χ0v) is 22.2. The van der Waals surface area contributed by atoms with Crippen LogP contribution in [0.4, 0.5) is 9.52 Å². The van der Waals surface area contributed by atoms with Gasteiger partial charge in [-0.05, 0) is 30.3 Å². The third-order valence-electron chi connectivity index (χ3n) is 5.59. The first-order valence-electron chi connectivity index (χ1n) is 11.2. The number of halogens is 1. The van der Waals surface area contributed by atoms with Gasteiger partial charge in [-0.25, -0.2) is 17.8 Å². The van der Waals surface area contributed by atoms with Gasteiger partial charge in [0.1, 0.15) is 0 Å². The van der Waals surface area contributed by atoms with E-state index in [1.165, 1.54) is 68.9 Å². The number of hydrogen-bond donors (Lipinski definition) is 1. The Morgan fingerprint density at radius 3 is 2.37 bits per heavy atom. The van der Waals surface area contributed by atoms with Gasteiger partial charge >= 0.3 is 0 Å². The molecular formula is C26H22FN3O6S2. The van der Waals surface area contributed by atoms with Crippen LogP contribution in [-0.4, -0.2) is 39.3 Å². The maximum atomic E-state index is 14.6. The fourth-order valence-electron chi connectivity index (χ4n) is 3.56. The zero-order valence-electron chi connectivity index (χ0n) is 20.5. The van der Waals surface area contributed by atoms with Crippen molar-refractivity contribution in [2.45, 2.75) is 17.9 Å². The minimum absolute atomic E-state index is 0.0847. The molecule has 1 aromatic heterocycles. The third-order valence-corrected chi connectivity index (χ3v) is 8.27. The van der Waals surface area contributed by atoms with Gasteiger partial charge in [0.25, 0.3) is 5.91 Å². The highest BCUT2D eigenvalue weighted by molar-refractivity contribution is 7.91. The SMILES string of the molecule is CCS(=O)(=O)c1ccc(C(Oc2ccc(C#N)cc2F)C(=O)Nc2nc3cc(OC)c(OC)cc3s2)cc1. The summed E-state index contributed by atoms with van der Waals surface area (Å²) in [4.78, 5) is 17.9. The molecule has 0 aliphatic heterocycles. The number of carbonyl (C=O) groups excluding carboxylic acids is 1. The van der Waals surface area contributed by atoms with Crippen LogP contribution in [-0.2, 0) is 14.6 Å². The lowest BCUT2D eigenvalue weighted by Gasteiger charge is -2.19. The van der Waals surface area contributed by atoms with Gasteiger partial charge in [-0.15, -0.1) is 0 Å². The molecule has 0 saturated carbocycles. The van der Waals surface area contributed by atoms with Crippen LogP contribution in [0, 0.1) is 17.1 Å². The number of rotatable bonds is 9. The first-order chi connectivity index (χ1) is 18.2. The topological polar surface area (TPSA) is 128 Å². The monoisotopic (exact) mass is 555 g/mol. The normalized spacial score (nSPS) is 12.0. The van der Waals surface area contributed by atoms with Crippen molar-refractivity contribution in [2.75, 3.05) is 25.3 Å². The number of sulfone groups is 1. The maximum absolute atomic E-state index is 14.6. The van der Waals surface area contributed by atoms with Crippen molar-refractivity contribution in [2.24, 2.45) is 0 Å². The second kappa shape index (κ2) is 11.0. The molecule has 1 amide bonds. The van der Waals surface area contributed by atoms with Crippen molar-refractivity contribution in [1.82, 2.24) is 4.98 Å². The predicted molar refractivity (Wildman–Crippen MR) is 140 cm³/mol. The number of ether oxygens (including phenoxy) is 3. The molecule has 0 bridgehead atoms. The van der Waals surface area contributed by atoms with Crippen molar-refractivity contribution < 1.29 is 31.8 Å². The van der Waals surface area contributed by atoms with Gasteiger partial charge in [-0.2, -0.15) is 5.26 Å². The minimum atomic E-state index is -3.47. The van der Waals surface area contributed by atoms with Crippen LogP contribution in [0.2, 0.25) is 0 Å². The highest BCUT2D eigenvalue weighted by Crippen LogP contribution is 2.36. The van der Waals surface area contributed by atoms with E-state index in [4.69, 9.17) is 19.5 Å². The van der Waals surface area contributed by atoms with E-state index in [1.807, 2.05) is 6.07 Å². The van der Waals surface area contributed by atoms with E-state index in [2.05, 4.69) is 10.3 Å². The molecule has 9 nitrogen and oxygen atoms in total. The molecular weight excluding hydrogens is 533 g/mol. The molecule has 4 rings (SSSR count). The molecule has 0 aliphatic carbocycles. The van der Waals surface area contributed by atoms with E-state index in [0.29, 0.717) is 17.0 Å². The molecule has 0 radical (unpaired) electrons.